The van der Waals surface area contributed by atoms with Crippen LogP contribution in [-0.4, -0.2) is 11.8 Å². The van der Waals surface area contributed by atoms with E-state index in [1.807, 2.05) is 6.08 Å². The Labute approximate surface area is 103 Å². The number of hydrogen-bond acceptors (Lipinski definition) is 2. The first kappa shape index (κ1) is 11.9. The van der Waals surface area contributed by atoms with Crippen LogP contribution >= 0.6 is 0 Å². The summed E-state index contributed by atoms with van der Waals surface area (Å²) in [6.07, 6.45) is 4.27. The minimum Gasteiger partial charge on any atom is -0.378 e. The topological polar surface area (TPSA) is 29.1 Å². The molecule has 1 aliphatic rings. The highest BCUT2D eigenvalue weighted by molar-refractivity contribution is 5.91. The average Bonchev–Trinajstić information content (AvgIpc) is 2.24. The first-order valence-electron chi connectivity index (χ1n) is 6.02. The van der Waals surface area contributed by atoms with Gasteiger partial charge in [-0.2, -0.15) is 0 Å². The summed E-state index contributed by atoms with van der Waals surface area (Å²) in [4.78, 5) is 11.4. The third-order valence-corrected chi connectivity index (χ3v) is 3.32. The molecule has 2 heteroatoms. The zero-order valence-corrected chi connectivity index (χ0v) is 10.7. The molecule has 0 saturated heterocycles. The summed E-state index contributed by atoms with van der Waals surface area (Å²) in [6, 6.07) is 8.55. The highest BCUT2D eigenvalue weighted by Gasteiger charge is 2.32. The number of carbonyl (C=O) groups is 1. The van der Waals surface area contributed by atoms with Crippen molar-refractivity contribution in [1.82, 2.24) is 0 Å². The van der Waals surface area contributed by atoms with Crippen molar-refractivity contribution < 1.29 is 4.79 Å². The molecule has 0 spiro atoms. The Kier molecular flexibility index (Phi) is 3.05. The van der Waals surface area contributed by atoms with Gasteiger partial charge in [0.2, 0.25) is 0 Å². The molecule has 2 nitrogen and oxygen atoms in total. The molecule has 1 N–H and O–H groups in total. The van der Waals surface area contributed by atoms with Crippen molar-refractivity contribution in [2.24, 2.45) is 5.41 Å². The monoisotopic (exact) mass is 229 g/mol. The number of allylic oxidation sites excluding steroid dienone is 1. The van der Waals surface area contributed by atoms with Gasteiger partial charge in [-0.3, -0.25) is 4.79 Å². The van der Waals surface area contributed by atoms with E-state index >= 15 is 0 Å². The number of benzene rings is 1. The highest BCUT2D eigenvalue weighted by atomic mass is 16.1. The van der Waals surface area contributed by atoms with Gasteiger partial charge in [0.05, 0.1) is 6.04 Å². The summed E-state index contributed by atoms with van der Waals surface area (Å²) in [5.41, 5.74) is 2.33. The second-order valence-electron chi connectivity index (χ2n) is 5.48. The maximum absolute atomic E-state index is 11.4. The summed E-state index contributed by atoms with van der Waals surface area (Å²) in [5.74, 6) is 0.219. The summed E-state index contributed by atoms with van der Waals surface area (Å²) in [7, 11) is 0. The first-order chi connectivity index (χ1) is 7.97. The second kappa shape index (κ2) is 4.36. The van der Waals surface area contributed by atoms with Crippen LogP contribution in [-0.2, 0) is 4.79 Å². The van der Waals surface area contributed by atoms with Gasteiger partial charge in [0.1, 0.15) is 0 Å². The van der Waals surface area contributed by atoms with Crippen molar-refractivity contribution in [3.05, 3.63) is 42.0 Å². The molecule has 1 unspecified atom stereocenters. The lowest BCUT2D eigenvalue weighted by Crippen LogP contribution is -2.38. The normalized spacial score (nSPS) is 22.5. The van der Waals surface area contributed by atoms with Gasteiger partial charge in [-0.15, -0.1) is 0 Å². The molecule has 0 bridgehead atoms. The molecule has 0 heterocycles. The number of anilines is 1. The Morgan fingerprint density at radius 3 is 2.47 bits per heavy atom. The fraction of sp³-hybridized carbons (Fsp3) is 0.400. The molecule has 0 aromatic heterocycles. The molecule has 2 rings (SSSR count). The van der Waals surface area contributed by atoms with Crippen molar-refractivity contribution in [3.63, 3.8) is 0 Å². The zero-order valence-electron chi connectivity index (χ0n) is 10.7. The van der Waals surface area contributed by atoms with Crippen LogP contribution in [0.15, 0.2) is 36.4 Å². The summed E-state index contributed by atoms with van der Waals surface area (Å²) in [5, 5.41) is 3.48. The van der Waals surface area contributed by atoms with Gasteiger partial charge >= 0.3 is 0 Å². The molecule has 1 aromatic carbocycles. The highest BCUT2D eigenvalue weighted by Crippen LogP contribution is 2.32. The predicted octanol–water partition coefficient (Wildman–Crippen LogP) is 3.33. The first-order valence-corrected chi connectivity index (χ1v) is 6.02. The van der Waals surface area contributed by atoms with Crippen LogP contribution in [0.2, 0.25) is 0 Å². The molecular weight excluding hydrogens is 210 g/mol. The SMILES string of the molecule is Cc1ccc(NC2C=CC(=O)CC2(C)C)cc1. The van der Waals surface area contributed by atoms with E-state index < -0.39 is 0 Å². The molecule has 1 atom stereocenters. The fourth-order valence-electron chi connectivity index (χ4n) is 2.15. The minimum atomic E-state index is -0.0310. The van der Waals surface area contributed by atoms with Crippen LogP contribution in [0.5, 0.6) is 0 Å². The molecule has 17 heavy (non-hydrogen) atoms. The van der Waals surface area contributed by atoms with E-state index in [0.717, 1.165) is 5.69 Å². The molecule has 0 amide bonds. The van der Waals surface area contributed by atoms with Gasteiger partial charge in [-0.1, -0.05) is 37.6 Å². The van der Waals surface area contributed by atoms with Gasteiger partial charge in [-0.05, 0) is 30.5 Å². The Bertz CT molecular complexity index is 442. The van der Waals surface area contributed by atoms with Crippen LogP contribution in [0, 0.1) is 12.3 Å². The van der Waals surface area contributed by atoms with E-state index in [9.17, 15) is 4.79 Å². The van der Waals surface area contributed by atoms with Gasteiger partial charge in [0, 0.05) is 12.1 Å². The predicted molar refractivity (Wildman–Crippen MR) is 71.1 cm³/mol. The largest absolute Gasteiger partial charge is 0.378 e. The van der Waals surface area contributed by atoms with Crippen molar-refractivity contribution in [2.45, 2.75) is 33.2 Å². The fourth-order valence-corrected chi connectivity index (χ4v) is 2.15. The molecule has 0 fully saturated rings. The van der Waals surface area contributed by atoms with Crippen LogP contribution < -0.4 is 5.32 Å². The molecule has 90 valence electrons. The van der Waals surface area contributed by atoms with E-state index in [-0.39, 0.29) is 17.2 Å². The Morgan fingerprint density at radius 2 is 1.88 bits per heavy atom. The smallest absolute Gasteiger partial charge is 0.156 e. The molecule has 0 saturated carbocycles. The molecule has 1 aromatic rings. The van der Waals surface area contributed by atoms with Crippen molar-refractivity contribution in [3.8, 4) is 0 Å². The molecule has 1 aliphatic carbocycles. The van der Waals surface area contributed by atoms with E-state index in [1.165, 1.54) is 5.56 Å². The standard InChI is InChI=1S/C15H19NO/c1-11-4-6-12(7-5-11)16-14-9-8-13(17)10-15(14,2)3/h4-9,14,16H,10H2,1-3H3. The summed E-state index contributed by atoms with van der Waals surface area (Å²) < 4.78 is 0. The van der Waals surface area contributed by atoms with E-state index in [1.54, 1.807) is 6.08 Å². The number of ketones is 1. The molecule has 0 aliphatic heterocycles. The van der Waals surface area contributed by atoms with Crippen LogP contribution in [0.4, 0.5) is 5.69 Å². The lowest BCUT2D eigenvalue weighted by atomic mass is 9.76. The number of rotatable bonds is 2. The van der Waals surface area contributed by atoms with Gasteiger partial charge in [0.15, 0.2) is 5.78 Å². The number of carbonyl (C=O) groups excluding carboxylic acids is 1. The van der Waals surface area contributed by atoms with Crippen molar-refractivity contribution >= 4 is 11.5 Å². The lowest BCUT2D eigenvalue weighted by Gasteiger charge is -2.35. The van der Waals surface area contributed by atoms with E-state index in [4.69, 9.17) is 0 Å². The number of aryl methyl sites for hydroxylation is 1. The van der Waals surface area contributed by atoms with E-state index in [2.05, 4.69) is 50.4 Å². The Balaban J connectivity index is 2.15. The maximum Gasteiger partial charge on any atom is 0.156 e. The number of hydrogen-bond donors (Lipinski definition) is 1. The van der Waals surface area contributed by atoms with Gasteiger partial charge in [-0.25, -0.2) is 0 Å². The summed E-state index contributed by atoms with van der Waals surface area (Å²) in [6.45, 7) is 6.33. The average molecular weight is 229 g/mol. The quantitative estimate of drug-likeness (QED) is 0.842. The molecule has 0 radical (unpaired) electrons. The zero-order chi connectivity index (χ0) is 12.5. The molecular formula is C15H19NO. The van der Waals surface area contributed by atoms with Crippen LogP contribution in [0.1, 0.15) is 25.8 Å². The third kappa shape index (κ3) is 2.76. The Hall–Kier alpha value is -1.57. The van der Waals surface area contributed by atoms with Crippen LogP contribution in [0.3, 0.4) is 0 Å². The minimum absolute atomic E-state index is 0.0310. The lowest BCUT2D eigenvalue weighted by molar-refractivity contribution is -0.117. The third-order valence-electron chi connectivity index (χ3n) is 3.32. The summed E-state index contributed by atoms with van der Waals surface area (Å²) >= 11 is 0. The van der Waals surface area contributed by atoms with Crippen molar-refractivity contribution in [1.29, 1.82) is 0 Å². The maximum atomic E-state index is 11.4. The van der Waals surface area contributed by atoms with Gasteiger partial charge < -0.3 is 5.32 Å². The van der Waals surface area contributed by atoms with Crippen LogP contribution in [0.25, 0.3) is 0 Å². The Morgan fingerprint density at radius 1 is 1.24 bits per heavy atom. The van der Waals surface area contributed by atoms with E-state index in [0.29, 0.717) is 6.42 Å². The second-order valence-corrected chi connectivity index (χ2v) is 5.48. The number of nitrogens with one attached hydrogen (secondary N) is 1. The van der Waals surface area contributed by atoms with Crippen molar-refractivity contribution in [2.75, 3.05) is 5.32 Å². The van der Waals surface area contributed by atoms with Gasteiger partial charge in [0.25, 0.3) is 0 Å².